The number of ketones is 1. The van der Waals surface area contributed by atoms with Crippen LogP contribution in [0.15, 0.2) is 71.5 Å². The third-order valence-electron chi connectivity index (χ3n) is 5.13. The van der Waals surface area contributed by atoms with Crippen molar-refractivity contribution in [3.05, 3.63) is 78.4 Å². The standard InChI is InChI=1S/C24H23N3O5/c1-29-18-9-6-16(7-10-18)21(28)14-20(22-5-4-12-32-22)27-25-15-19(26-27)17-8-11-23(30-2)24(13-17)31-3/h4-13,15,20H,14H2,1-3H3. The molecule has 0 fully saturated rings. The number of benzene rings is 2. The number of carbonyl (C=O) groups is 1. The number of hydrogen-bond acceptors (Lipinski definition) is 7. The van der Waals surface area contributed by atoms with Gasteiger partial charge in [0.2, 0.25) is 0 Å². The molecule has 0 spiro atoms. The van der Waals surface area contributed by atoms with Crippen LogP contribution in [0.2, 0.25) is 0 Å². The van der Waals surface area contributed by atoms with Gasteiger partial charge in [0.1, 0.15) is 23.2 Å². The second-order valence-corrected chi connectivity index (χ2v) is 7.01. The molecule has 32 heavy (non-hydrogen) atoms. The molecule has 8 heteroatoms. The monoisotopic (exact) mass is 433 g/mol. The van der Waals surface area contributed by atoms with Crippen LogP contribution in [-0.4, -0.2) is 42.1 Å². The predicted molar refractivity (Wildman–Crippen MR) is 117 cm³/mol. The van der Waals surface area contributed by atoms with Crippen molar-refractivity contribution in [3.8, 4) is 28.5 Å². The lowest BCUT2D eigenvalue weighted by Crippen LogP contribution is -2.17. The molecule has 4 aromatic rings. The van der Waals surface area contributed by atoms with Crippen LogP contribution in [0.1, 0.15) is 28.6 Å². The molecule has 0 aliphatic carbocycles. The molecular formula is C24H23N3O5. The fourth-order valence-corrected chi connectivity index (χ4v) is 3.40. The van der Waals surface area contributed by atoms with Gasteiger partial charge < -0.3 is 18.6 Å². The minimum Gasteiger partial charge on any atom is -0.497 e. The highest BCUT2D eigenvalue weighted by Gasteiger charge is 2.24. The summed E-state index contributed by atoms with van der Waals surface area (Å²) >= 11 is 0. The Hall–Kier alpha value is -4.07. The van der Waals surface area contributed by atoms with Gasteiger partial charge in [-0.25, -0.2) is 0 Å². The van der Waals surface area contributed by atoms with Gasteiger partial charge in [-0.1, -0.05) is 0 Å². The molecule has 0 N–H and O–H groups in total. The Kier molecular flexibility index (Phi) is 6.21. The Balaban J connectivity index is 1.62. The largest absolute Gasteiger partial charge is 0.497 e. The molecule has 0 aliphatic heterocycles. The summed E-state index contributed by atoms with van der Waals surface area (Å²) in [5, 5.41) is 9.04. The second-order valence-electron chi connectivity index (χ2n) is 7.01. The molecule has 2 aromatic heterocycles. The van der Waals surface area contributed by atoms with Gasteiger partial charge in [-0.2, -0.15) is 15.0 Å². The van der Waals surface area contributed by atoms with Gasteiger partial charge in [0.05, 0.1) is 33.8 Å². The fourth-order valence-electron chi connectivity index (χ4n) is 3.40. The minimum atomic E-state index is -0.492. The normalized spacial score (nSPS) is 11.7. The van der Waals surface area contributed by atoms with Gasteiger partial charge in [-0.15, -0.1) is 0 Å². The highest BCUT2D eigenvalue weighted by atomic mass is 16.5. The lowest BCUT2D eigenvalue weighted by atomic mass is 10.0. The Labute approximate surface area is 185 Å². The average Bonchev–Trinajstić information content (AvgIpc) is 3.55. The summed E-state index contributed by atoms with van der Waals surface area (Å²) in [6.45, 7) is 0. The van der Waals surface area contributed by atoms with E-state index in [0.717, 1.165) is 5.56 Å². The Morgan fingerprint density at radius 1 is 1.00 bits per heavy atom. The summed E-state index contributed by atoms with van der Waals surface area (Å²) < 4.78 is 21.4. The maximum atomic E-state index is 13.0. The van der Waals surface area contributed by atoms with Gasteiger partial charge in [0.15, 0.2) is 17.3 Å². The number of hydrogen-bond donors (Lipinski definition) is 0. The van der Waals surface area contributed by atoms with Gasteiger partial charge in [-0.3, -0.25) is 4.79 Å². The van der Waals surface area contributed by atoms with Crippen molar-refractivity contribution in [2.45, 2.75) is 12.5 Å². The SMILES string of the molecule is COc1ccc(C(=O)CC(c2ccco2)n2ncc(-c3ccc(OC)c(OC)c3)n2)cc1. The summed E-state index contributed by atoms with van der Waals surface area (Å²) in [5.74, 6) is 2.46. The molecule has 2 aromatic carbocycles. The van der Waals surface area contributed by atoms with Crippen molar-refractivity contribution in [2.24, 2.45) is 0 Å². The van der Waals surface area contributed by atoms with E-state index in [2.05, 4.69) is 10.2 Å². The molecule has 1 atom stereocenters. The molecular weight excluding hydrogens is 410 g/mol. The predicted octanol–water partition coefficient (Wildman–Crippen LogP) is 4.43. The van der Waals surface area contributed by atoms with E-state index in [1.54, 1.807) is 64.1 Å². The van der Waals surface area contributed by atoms with Crippen LogP contribution in [0.25, 0.3) is 11.3 Å². The van der Waals surface area contributed by atoms with E-state index >= 15 is 0 Å². The van der Waals surface area contributed by atoms with Crippen LogP contribution < -0.4 is 14.2 Å². The van der Waals surface area contributed by atoms with Crippen molar-refractivity contribution >= 4 is 5.78 Å². The molecule has 1 unspecified atom stereocenters. The first-order valence-corrected chi connectivity index (χ1v) is 9.97. The molecule has 0 bridgehead atoms. The number of ether oxygens (including phenoxy) is 3. The van der Waals surface area contributed by atoms with Crippen molar-refractivity contribution in [1.29, 1.82) is 0 Å². The first-order valence-electron chi connectivity index (χ1n) is 9.97. The van der Waals surface area contributed by atoms with Crippen LogP contribution in [0.3, 0.4) is 0 Å². The third-order valence-corrected chi connectivity index (χ3v) is 5.13. The van der Waals surface area contributed by atoms with Gasteiger partial charge in [-0.05, 0) is 54.6 Å². The smallest absolute Gasteiger partial charge is 0.165 e. The van der Waals surface area contributed by atoms with Gasteiger partial charge in [0.25, 0.3) is 0 Å². The summed E-state index contributed by atoms with van der Waals surface area (Å²) in [7, 11) is 4.75. The van der Waals surface area contributed by atoms with E-state index in [1.165, 1.54) is 4.80 Å². The van der Waals surface area contributed by atoms with Crippen LogP contribution >= 0.6 is 0 Å². The van der Waals surface area contributed by atoms with E-state index < -0.39 is 6.04 Å². The lowest BCUT2D eigenvalue weighted by Gasteiger charge is -2.13. The fraction of sp³-hybridized carbons (Fsp3) is 0.208. The first kappa shape index (κ1) is 21.2. The number of rotatable bonds is 9. The number of methoxy groups -OCH3 is 3. The summed E-state index contributed by atoms with van der Waals surface area (Å²) in [6, 6.07) is 15.6. The van der Waals surface area contributed by atoms with Crippen LogP contribution in [-0.2, 0) is 0 Å². The van der Waals surface area contributed by atoms with Crippen LogP contribution in [0, 0.1) is 0 Å². The highest BCUT2D eigenvalue weighted by Crippen LogP contribution is 2.32. The quantitative estimate of drug-likeness (QED) is 0.361. The van der Waals surface area contributed by atoms with Crippen molar-refractivity contribution in [3.63, 3.8) is 0 Å². The maximum absolute atomic E-state index is 13.0. The van der Waals surface area contributed by atoms with E-state index in [9.17, 15) is 4.79 Å². The number of carbonyl (C=O) groups excluding carboxylic acids is 1. The Morgan fingerprint density at radius 3 is 2.44 bits per heavy atom. The van der Waals surface area contributed by atoms with Crippen molar-refractivity contribution in [2.75, 3.05) is 21.3 Å². The topological polar surface area (TPSA) is 88.6 Å². The summed E-state index contributed by atoms with van der Waals surface area (Å²) in [5.41, 5.74) is 2.03. The molecule has 0 saturated carbocycles. The maximum Gasteiger partial charge on any atom is 0.165 e. The molecule has 8 nitrogen and oxygen atoms in total. The number of aromatic nitrogens is 3. The number of nitrogens with zero attached hydrogens (tertiary/aromatic N) is 3. The minimum absolute atomic E-state index is 0.0565. The molecule has 0 aliphatic rings. The molecule has 0 amide bonds. The zero-order chi connectivity index (χ0) is 22.5. The first-order chi connectivity index (χ1) is 15.6. The van der Waals surface area contributed by atoms with Crippen molar-refractivity contribution < 1.29 is 23.4 Å². The summed E-state index contributed by atoms with van der Waals surface area (Å²) in [4.78, 5) is 14.5. The van der Waals surface area contributed by atoms with Crippen LogP contribution in [0.5, 0.6) is 17.2 Å². The molecule has 0 saturated heterocycles. The second kappa shape index (κ2) is 9.38. The zero-order valence-corrected chi connectivity index (χ0v) is 18.0. The van der Waals surface area contributed by atoms with E-state index in [-0.39, 0.29) is 12.2 Å². The summed E-state index contributed by atoms with van der Waals surface area (Å²) in [6.07, 6.45) is 3.36. The van der Waals surface area contributed by atoms with Crippen molar-refractivity contribution in [1.82, 2.24) is 15.0 Å². The molecule has 164 valence electrons. The molecule has 4 rings (SSSR count). The molecule has 0 radical (unpaired) electrons. The number of Topliss-reactive ketones (excluding diaryl/α,β-unsaturated/α-hetero) is 1. The van der Waals surface area contributed by atoms with E-state index in [0.29, 0.717) is 34.3 Å². The lowest BCUT2D eigenvalue weighted by molar-refractivity contribution is 0.0959. The van der Waals surface area contributed by atoms with Gasteiger partial charge >= 0.3 is 0 Å². The van der Waals surface area contributed by atoms with Crippen LogP contribution in [0.4, 0.5) is 0 Å². The Bertz CT molecular complexity index is 1180. The zero-order valence-electron chi connectivity index (χ0n) is 18.0. The number of furan rings is 1. The van der Waals surface area contributed by atoms with Gasteiger partial charge in [0, 0.05) is 17.5 Å². The highest BCUT2D eigenvalue weighted by molar-refractivity contribution is 5.96. The Morgan fingerprint density at radius 2 is 1.78 bits per heavy atom. The van der Waals surface area contributed by atoms with E-state index in [4.69, 9.17) is 18.6 Å². The average molecular weight is 433 g/mol. The third kappa shape index (κ3) is 4.34. The molecule has 2 heterocycles. The van der Waals surface area contributed by atoms with E-state index in [1.807, 2.05) is 24.3 Å².